The predicted octanol–water partition coefficient (Wildman–Crippen LogP) is 2.31. The van der Waals surface area contributed by atoms with Crippen LogP contribution in [-0.4, -0.2) is 24.1 Å². The van der Waals surface area contributed by atoms with Crippen molar-refractivity contribution in [2.75, 3.05) is 13.1 Å². The monoisotopic (exact) mass is 318 g/mol. The Morgan fingerprint density at radius 3 is 2.67 bits per heavy atom. The zero-order valence-electron chi connectivity index (χ0n) is 12.1. The summed E-state index contributed by atoms with van der Waals surface area (Å²) in [4.78, 5) is 11.6. The van der Waals surface area contributed by atoms with E-state index >= 15 is 0 Å². The second kappa shape index (κ2) is 11.5. The molecular formula is C15H24ClFN2O2. The molecule has 0 heterocycles. The summed E-state index contributed by atoms with van der Waals surface area (Å²) in [5.74, 6) is -0.485. The highest BCUT2D eigenvalue weighted by Gasteiger charge is 2.10. The highest BCUT2D eigenvalue weighted by atomic mass is 35.5. The number of unbranched alkanes of at least 4 members (excludes halogenated alkanes) is 3. The lowest BCUT2D eigenvalue weighted by Crippen LogP contribution is -2.28. The molecular weight excluding hydrogens is 295 g/mol. The van der Waals surface area contributed by atoms with Crippen LogP contribution >= 0.6 is 12.4 Å². The zero-order chi connectivity index (χ0) is 14.8. The fourth-order valence-corrected chi connectivity index (χ4v) is 1.91. The highest BCUT2D eigenvalue weighted by Crippen LogP contribution is 2.13. The van der Waals surface area contributed by atoms with E-state index in [1.54, 1.807) is 6.07 Å². The highest BCUT2D eigenvalue weighted by molar-refractivity contribution is 5.85. The maximum atomic E-state index is 13.0. The molecule has 0 aliphatic carbocycles. The first-order valence-corrected chi connectivity index (χ1v) is 7.03. The van der Waals surface area contributed by atoms with Gasteiger partial charge >= 0.3 is 0 Å². The quantitative estimate of drug-likeness (QED) is 0.612. The topological polar surface area (TPSA) is 75.4 Å². The van der Waals surface area contributed by atoms with Crippen LogP contribution in [0, 0.1) is 5.82 Å². The van der Waals surface area contributed by atoms with E-state index in [1.807, 2.05) is 0 Å². The van der Waals surface area contributed by atoms with E-state index in [9.17, 15) is 14.3 Å². The Morgan fingerprint density at radius 1 is 1.29 bits per heavy atom. The van der Waals surface area contributed by atoms with Gasteiger partial charge in [-0.3, -0.25) is 4.79 Å². The van der Waals surface area contributed by atoms with Crippen molar-refractivity contribution in [1.82, 2.24) is 5.32 Å². The molecule has 0 bridgehead atoms. The number of aliphatic hydroxyl groups excluding tert-OH is 1. The maximum absolute atomic E-state index is 13.0. The summed E-state index contributed by atoms with van der Waals surface area (Å²) in [5.41, 5.74) is 5.85. The lowest BCUT2D eigenvalue weighted by Gasteiger charge is -2.12. The molecule has 1 aromatic carbocycles. The van der Waals surface area contributed by atoms with E-state index in [-0.39, 0.29) is 24.9 Å². The fourth-order valence-electron chi connectivity index (χ4n) is 1.91. The normalized spacial score (nSPS) is 11.6. The lowest BCUT2D eigenvalue weighted by atomic mass is 10.1. The van der Waals surface area contributed by atoms with Crippen molar-refractivity contribution < 1.29 is 14.3 Å². The first-order chi connectivity index (χ1) is 9.63. The smallest absolute Gasteiger partial charge is 0.220 e. The molecule has 0 aromatic heterocycles. The van der Waals surface area contributed by atoms with Crippen molar-refractivity contribution >= 4 is 18.3 Å². The number of halogens is 2. The second-order valence-electron chi connectivity index (χ2n) is 4.83. The van der Waals surface area contributed by atoms with Crippen molar-refractivity contribution in [3.8, 4) is 0 Å². The minimum absolute atomic E-state index is 0. The average molecular weight is 319 g/mol. The summed E-state index contributed by atoms with van der Waals surface area (Å²) in [5, 5.41) is 12.5. The molecule has 21 heavy (non-hydrogen) atoms. The Bertz CT molecular complexity index is 418. The van der Waals surface area contributed by atoms with Crippen molar-refractivity contribution in [2.45, 2.75) is 38.2 Å². The van der Waals surface area contributed by atoms with Crippen molar-refractivity contribution in [1.29, 1.82) is 0 Å². The molecule has 1 atom stereocenters. The van der Waals surface area contributed by atoms with Crippen LogP contribution in [0.5, 0.6) is 0 Å². The first-order valence-electron chi connectivity index (χ1n) is 7.03. The molecule has 0 aliphatic heterocycles. The average Bonchev–Trinajstić information content (AvgIpc) is 2.44. The van der Waals surface area contributed by atoms with Gasteiger partial charge in [0.1, 0.15) is 5.82 Å². The van der Waals surface area contributed by atoms with Crippen LogP contribution in [-0.2, 0) is 4.79 Å². The van der Waals surface area contributed by atoms with Crippen molar-refractivity contribution in [3.05, 3.63) is 35.6 Å². The molecule has 0 fully saturated rings. The molecule has 1 aromatic rings. The zero-order valence-corrected chi connectivity index (χ0v) is 12.9. The molecule has 6 heteroatoms. The minimum Gasteiger partial charge on any atom is -0.387 e. The van der Waals surface area contributed by atoms with Crippen molar-refractivity contribution in [3.63, 3.8) is 0 Å². The van der Waals surface area contributed by atoms with E-state index in [0.717, 1.165) is 25.7 Å². The summed E-state index contributed by atoms with van der Waals surface area (Å²) < 4.78 is 13.0. The molecule has 1 amide bonds. The Hall–Kier alpha value is -1.17. The molecule has 0 spiro atoms. The number of amides is 1. The number of aliphatic hydroxyl groups is 1. The van der Waals surface area contributed by atoms with Gasteiger partial charge in [0.05, 0.1) is 6.10 Å². The van der Waals surface area contributed by atoms with Gasteiger partial charge in [0.15, 0.2) is 0 Å². The van der Waals surface area contributed by atoms with Gasteiger partial charge in [-0.2, -0.15) is 0 Å². The lowest BCUT2D eigenvalue weighted by molar-refractivity contribution is -0.121. The van der Waals surface area contributed by atoms with E-state index in [4.69, 9.17) is 5.73 Å². The summed E-state index contributed by atoms with van der Waals surface area (Å²) in [6.07, 6.45) is 3.39. The number of carbonyl (C=O) groups is 1. The fraction of sp³-hybridized carbons (Fsp3) is 0.533. The molecule has 0 saturated heterocycles. The molecule has 4 N–H and O–H groups in total. The number of rotatable bonds is 9. The summed E-state index contributed by atoms with van der Waals surface area (Å²) in [7, 11) is 0. The summed E-state index contributed by atoms with van der Waals surface area (Å²) in [6.45, 7) is 0.789. The van der Waals surface area contributed by atoms with E-state index in [2.05, 4.69) is 5.32 Å². The number of benzene rings is 1. The molecule has 1 unspecified atom stereocenters. The Morgan fingerprint density at radius 2 is 2.00 bits per heavy atom. The standard InChI is InChI=1S/C15H23FN2O2.ClH/c16-13-7-5-6-12(10-13)14(19)11-18-15(20)8-3-1-2-4-9-17;/h5-7,10,14,19H,1-4,8-9,11,17H2,(H,18,20);1H. The van der Waals surface area contributed by atoms with Gasteiger partial charge in [-0.1, -0.05) is 25.0 Å². The number of carbonyl (C=O) groups excluding carboxylic acids is 1. The number of nitrogens with two attached hydrogens (primary N) is 1. The second-order valence-corrected chi connectivity index (χ2v) is 4.83. The van der Waals surface area contributed by atoms with Crippen LogP contribution in [0.3, 0.4) is 0 Å². The van der Waals surface area contributed by atoms with Gasteiger partial charge in [-0.15, -0.1) is 12.4 Å². The molecule has 0 aliphatic rings. The first kappa shape index (κ1) is 19.8. The third kappa shape index (κ3) is 8.65. The maximum Gasteiger partial charge on any atom is 0.220 e. The van der Waals surface area contributed by atoms with Crippen LogP contribution in [0.15, 0.2) is 24.3 Å². The Labute approximate surface area is 131 Å². The molecule has 4 nitrogen and oxygen atoms in total. The van der Waals surface area contributed by atoms with Gasteiger partial charge in [-0.25, -0.2) is 4.39 Å². The Kier molecular flexibility index (Phi) is 10.8. The SMILES string of the molecule is Cl.NCCCCCCC(=O)NCC(O)c1cccc(F)c1. The van der Waals surface area contributed by atoms with Crippen molar-refractivity contribution in [2.24, 2.45) is 5.73 Å². The number of hydrogen-bond acceptors (Lipinski definition) is 3. The van der Waals surface area contributed by atoms with Gasteiger partial charge in [0, 0.05) is 13.0 Å². The van der Waals surface area contributed by atoms with Gasteiger partial charge in [-0.05, 0) is 37.1 Å². The third-order valence-corrected chi connectivity index (χ3v) is 3.08. The van der Waals surface area contributed by atoms with Crippen LogP contribution in [0.1, 0.15) is 43.8 Å². The number of nitrogens with one attached hydrogen (secondary N) is 1. The Balaban J connectivity index is 0.00000400. The largest absolute Gasteiger partial charge is 0.387 e. The van der Waals surface area contributed by atoms with Crippen LogP contribution in [0.25, 0.3) is 0 Å². The number of hydrogen-bond donors (Lipinski definition) is 3. The predicted molar refractivity (Wildman–Crippen MR) is 83.8 cm³/mol. The van der Waals surface area contributed by atoms with Crippen LogP contribution in [0.2, 0.25) is 0 Å². The van der Waals surface area contributed by atoms with Crippen LogP contribution in [0.4, 0.5) is 4.39 Å². The van der Waals surface area contributed by atoms with Gasteiger partial charge in [0.25, 0.3) is 0 Å². The molecule has 0 radical (unpaired) electrons. The van der Waals surface area contributed by atoms with E-state index in [1.165, 1.54) is 18.2 Å². The molecule has 1 rings (SSSR count). The van der Waals surface area contributed by atoms with E-state index in [0.29, 0.717) is 18.5 Å². The third-order valence-electron chi connectivity index (χ3n) is 3.08. The summed E-state index contributed by atoms with van der Waals surface area (Å²) in [6, 6.07) is 5.75. The molecule has 0 saturated carbocycles. The summed E-state index contributed by atoms with van der Waals surface area (Å²) >= 11 is 0. The van der Waals surface area contributed by atoms with Gasteiger partial charge < -0.3 is 16.2 Å². The van der Waals surface area contributed by atoms with E-state index < -0.39 is 11.9 Å². The molecule has 120 valence electrons. The van der Waals surface area contributed by atoms with Crippen LogP contribution < -0.4 is 11.1 Å². The van der Waals surface area contributed by atoms with Gasteiger partial charge in [0.2, 0.25) is 5.91 Å². The minimum atomic E-state index is -0.883.